The van der Waals surface area contributed by atoms with Gasteiger partial charge in [-0.25, -0.2) is 9.13 Å². The van der Waals surface area contributed by atoms with Gasteiger partial charge < -0.3 is 33.8 Å². The Morgan fingerprint density at radius 3 is 0.760 bits per heavy atom. The number of esters is 4. The molecule has 0 fully saturated rings. The lowest BCUT2D eigenvalue weighted by molar-refractivity contribution is -0.161. The molecule has 0 saturated heterocycles. The van der Waals surface area contributed by atoms with Gasteiger partial charge in [-0.05, 0) is 37.5 Å². The average molecular weight is 1470 g/mol. The molecule has 0 aromatic carbocycles. The number of phosphoric ester groups is 2. The molecule has 0 saturated carbocycles. The van der Waals surface area contributed by atoms with Gasteiger partial charge in [-0.3, -0.25) is 37.3 Å². The van der Waals surface area contributed by atoms with Crippen LogP contribution in [0.3, 0.4) is 0 Å². The summed E-state index contributed by atoms with van der Waals surface area (Å²) < 4.78 is 68.7. The van der Waals surface area contributed by atoms with E-state index in [-0.39, 0.29) is 25.7 Å². The van der Waals surface area contributed by atoms with E-state index in [0.29, 0.717) is 25.7 Å². The monoisotopic (exact) mass is 1470 g/mol. The lowest BCUT2D eigenvalue weighted by Crippen LogP contribution is -2.30. The zero-order chi connectivity index (χ0) is 73.5. The molecule has 0 heterocycles. The molecule has 0 radical (unpaired) electrons. The summed E-state index contributed by atoms with van der Waals surface area (Å²) >= 11 is 0. The van der Waals surface area contributed by atoms with Crippen molar-refractivity contribution < 1.29 is 80.2 Å². The predicted molar refractivity (Wildman–Crippen MR) is 409 cm³/mol. The average Bonchev–Trinajstić information content (AvgIpc) is 0.920. The van der Waals surface area contributed by atoms with E-state index in [1.807, 2.05) is 0 Å². The first kappa shape index (κ1) is 98.1. The van der Waals surface area contributed by atoms with E-state index in [2.05, 4.69) is 41.5 Å². The predicted octanol–water partition coefficient (Wildman–Crippen LogP) is 24.3. The molecule has 594 valence electrons. The van der Waals surface area contributed by atoms with Gasteiger partial charge in [0.2, 0.25) is 0 Å². The second-order valence-corrected chi connectivity index (χ2v) is 32.8. The number of aliphatic hydroxyl groups is 1. The number of phosphoric acid groups is 2. The highest BCUT2D eigenvalue weighted by Gasteiger charge is 2.30. The Labute approximate surface area is 613 Å². The Bertz CT molecular complexity index is 1930. The molecule has 0 aliphatic heterocycles. The lowest BCUT2D eigenvalue weighted by Gasteiger charge is -2.21. The van der Waals surface area contributed by atoms with E-state index in [4.69, 9.17) is 37.0 Å². The molecule has 0 aromatic rings. The van der Waals surface area contributed by atoms with Crippen LogP contribution in [0.4, 0.5) is 0 Å². The number of rotatable bonds is 80. The van der Waals surface area contributed by atoms with Crippen LogP contribution in [-0.4, -0.2) is 96.7 Å². The normalized spacial score (nSPS) is 14.2. The zero-order valence-electron chi connectivity index (χ0n) is 65.5. The maximum absolute atomic E-state index is 13.1. The van der Waals surface area contributed by atoms with Crippen LogP contribution in [0, 0.1) is 11.8 Å². The second kappa shape index (κ2) is 72.6. The summed E-state index contributed by atoms with van der Waals surface area (Å²) in [6, 6.07) is 0. The standard InChI is InChI=1S/C81H158O17P2/c1-7-10-12-14-16-18-20-21-22-23-24-25-26-27-28-29-30-33-41-47-53-59-65-80(85)97-77(70-92-79(84)64-58-52-46-40-34-31-32-37-43-49-55-61-73(4)5)72-96-100(89,90)94-68-75(82)67-93-99(87,88)95-71-76(69-91-78(83)63-57-51-45-39-19-17-15-13-11-8-2)98-81(86)66-60-54-48-42-36-35-38-44-50-56-62-74(6)9-3/h73-77,82H,7-72H2,1-6H3,(H,87,88)(H,89,90)/t74?,75-,76+,77+/m0/s1. The molecule has 0 aromatic heterocycles. The first-order chi connectivity index (χ1) is 48.4. The van der Waals surface area contributed by atoms with Crippen LogP contribution in [0.2, 0.25) is 0 Å². The number of carbonyl (C=O) groups is 4. The molecule has 17 nitrogen and oxygen atoms in total. The van der Waals surface area contributed by atoms with Gasteiger partial charge in [0.1, 0.15) is 19.3 Å². The van der Waals surface area contributed by atoms with Gasteiger partial charge in [-0.2, -0.15) is 0 Å². The Balaban J connectivity index is 5.21. The van der Waals surface area contributed by atoms with E-state index in [0.717, 1.165) is 102 Å². The number of ether oxygens (including phenoxy) is 4. The van der Waals surface area contributed by atoms with Gasteiger partial charge in [-0.15, -0.1) is 0 Å². The van der Waals surface area contributed by atoms with Gasteiger partial charge in [0.25, 0.3) is 0 Å². The van der Waals surface area contributed by atoms with Gasteiger partial charge in [0.15, 0.2) is 12.2 Å². The minimum Gasteiger partial charge on any atom is -0.462 e. The fourth-order valence-electron chi connectivity index (χ4n) is 12.5. The third kappa shape index (κ3) is 73.0. The number of aliphatic hydroxyl groups excluding tert-OH is 1. The maximum atomic E-state index is 13.1. The van der Waals surface area contributed by atoms with Crippen LogP contribution < -0.4 is 0 Å². The summed E-state index contributed by atoms with van der Waals surface area (Å²) in [6.45, 7) is 9.65. The van der Waals surface area contributed by atoms with Crippen molar-refractivity contribution in [1.82, 2.24) is 0 Å². The first-order valence-electron chi connectivity index (χ1n) is 42.0. The molecule has 3 unspecified atom stereocenters. The molecule has 0 rings (SSSR count). The van der Waals surface area contributed by atoms with Crippen molar-refractivity contribution in [3.8, 4) is 0 Å². The van der Waals surface area contributed by atoms with Crippen molar-refractivity contribution in [2.75, 3.05) is 39.6 Å². The summed E-state index contributed by atoms with van der Waals surface area (Å²) in [5.41, 5.74) is 0. The molecule has 6 atom stereocenters. The summed E-state index contributed by atoms with van der Waals surface area (Å²) in [6.07, 6.45) is 62.4. The molecule has 19 heteroatoms. The van der Waals surface area contributed by atoms with Gasteiger partial charge in [-0.1, -0.05) is 375 Å². The van der Waals surface area contributed by atoms with Crippen molar-refractivity contribution in [3.63, 3.8) is 0 Å². The second-order valence-electron chi connectivity index (χ2n) is 29.9. The molecule has 0 amide bonds. The third-order valence-electron chi connectivity index (χ3n) is 19.3. The molecule has 0 aliphatic rings. The zero-order valence-corrected chi connectivity index (χ0v) is 67.3. The van der Waals surface area contributed by atoms with E-state index in [1.165, 1.54) is 244 Å². The number of hydrogen-bond donors (Lipinski definition) is 3. The first-order valence-corrected chi connectivity index (χ1v) is 45.0. The van der Waals surface area contributed by atoms with Crippen LogP contribution in [0.5, 0.6) is 0 Å². The molecule has 0 bridgehead atoms. The summed E-state index contributed by atoms with van der Waals surface area (Å²) in [5.74, 6) is -0.536. The van der Waals surface area contributed by atoms with Crippen LogP contribution in [0.25, 0.3) is 0 Å². The minimum absolute atomic E-state index is 0.107. The Morgan fingerprint density at radius 2 is 0.510 bits per heavy atom. The van der Waals surface area contributed by atoms with Gasteiger partial charge in [0, 0.05) is 25.7 Å². The lowest BCUT2D eigenvalue weighted by atomic mass is 9.99. The van der Waals surface area contributed by atoms with Crippen LogP contribution in [0.15, 0.2) is 0 Å². The Kier molecular flexibility index (Phi) is 71.2. The van der Waals surface area contributed by atoms with E-state index in [9.17, 15) is 43.2 Å². The highest BCUT2D eigenvalue weighted by atomic mass is 31.2. The smallest absolute Gasteiger partial charge is 0.462 e. The maximum Gasteiger partial charge on any atom is 0.472 e. The highest BCUT2D eigenvalue weighted by molar-refractivity contribution is 7.47. The number of unbranched alkanes of at least 4 members (excludes halogenated alkanes) is 49. The molecule has 0 spiro atoms. The van der Waals surface area contributed by atoms with Crippen molar-refractivity contribution in [3.05, 3.63) is 0 Å². The largest absolute Gasteiger partial charge is 0.472 e. The molecule has 100 heavy (non-hydrogen) atoms. The van der Waals surface area contributed by atoms with Crippen molar-refractivity contribution >= 4 is 39.5 Å². The fraction of sp³-hybridized carbons (Fsp3) is 0.951. The Hall–Kier alpha value is -1.94. The summed E-state index contributed by atoms with van der Waals surface area (Å²) in [5, 5.41) is 10.6. The van der Waals surface area contributed by atoms with E-state index >= 15 is 0 Å². The summed E-state index contributed by atoms with van der Waals surface area (Å²) in [4.78, 5) is 73.0. The fourth-order valence-corrected chi connectivity index (χ4v) is 14.1. The van der Waals surface area contributed by atoms with Crippen molar-refractivity contribution in [2.24, 2.45) is 11.8 Å². The number of hydrogen-bond acceptors (Lipinski definition) is 15. The molecular weight excluding hydrogens is 1310 g/mol. The van der Waals surface area contributed by atoms with Crippen molar-refractivity contribution in [2.45, 2.75) is 445 Å². The van der Waals surface area contributed by atoms with E-state index < -0.39 is 97.5 Å². The van der Waals surface area contributed by atoms with Crippen LogP contribution >= 0.6 is 15.6 Å². The molecule has 0 aliphatic carbocycles. The SMILES string of the molecule is CCCCCCCCCCCCCCCCCCCCCCCCC(=O)O[C@H](COC(=O)CCCCCCCCCCCCCC(C)C)COP(=O)(O)OC[C@@H](O)COP(=O)(O)OC[C@@H](COC(=O)CCCCCCCCCCCC)OC(=O)CCCCCCCCCCCCC(C)CC. The third-order valence-corrected chi connectivity index (χ3v) is 21.2. The van der Waals surface area contributed by atoms with Crippen LogP contribution in [-0.2, 0) is 65.4 Å². The van der Waals surface area contributed by atoms with Crippen molar-refractivity contribution in [1.29, 1.82) is 0 Å². The summed E-state index contributed by atoms with van der Waals surface area (Å²) in [7, 11) is -9.92. The Morgan fingerprint density at radius 1 is 0.290 bits per heavy atom. The molecular formula is C81H158O17P2. The minimum atomic E-state index is -4.96. The van der Waals surface area contributed by atoms with Gasteiger partial charge in [0.05, 0.1) is 26.4 Å². The quantitative estimate of drug-likeness (QED) is 0.0222. The van der Waals surface area contributed by atoms with Gasteiger partial charge >= 0.3 is 39.5 Å². The van der Waals surface area contributed by atoms with E-state index in [1.54, 1.807) is 0 Å². The molecule has 3 N–H and O–H groups in total. The topological polar surface area (TPSA) is 237 Å². The highest BCUT2D eigenvalue weighted by Crippen LogP contribution is 2.45. The van der Waals surface area contributed by atoms with Crippen LogP contribution in [0.1, 0.15) is 427 Å². The number of carbonyl (C=O) groups excluding carboxylic acids is 4.